The normalized spacial score (nSPS) is 13.7. The minimum atomic E-state index is -0.587. The number of carbonyl (C=O) groups excluding carboxylic acids is 1. The molecule has 1 atom stereocenters. The molecule has 0 saturated carbocycles. The van der Waals surface area contributed by atoms with E-state index in [1.807, 2.05) is 6.92 Å². The minimum absolute atomic E-state index is 0.274. The molecule has 1 aromatic rings. The highest BCUT2D eigenvalue weighted by molar-refractivity contribution is 6.31. The number of amides is 1. The van der Waals surface area contributed by atoms with E-state index in [-0.39, 0.29) is 5.91 Å². The Labute approximate surface area is 124 Å². The van der Waals surface area contributed by atoms with E-state index in [2.05, 4.69) is 5.32 Å². The topological polar surface area (TPSA) is 56.8 Å². The molecule has 20 heavy (non-hydrogen) atoms. The van der Waals surface area contributed by atoms with Gasteiger partial charge in [0.1, 0.15) is 11.4 Å². The molecule has 0 aliphatic carbocycles. The SMILES string of the molecule is COCC(C)(CNC(=O)c1cc(Cl)ccc1OC)OC. The molecule has 1 rings (SSSR count). The van der Waals surface area contributed by atoms with Crippen molar-refractivity contribution < 1.29 is 19.0 Å². The van der Waals surface area contributed by atoms with Gasteiger partial charge in [-0.1, -0.05) is 11.6 Å². The number of methoxy groups -OCH3 is 3. The van der Waals surface area contributed by atoms with Gasteiger partial charge in [-0.15, -0.1) is 0 Å². The Bertz CT molecular complexity index is 466. The van der Waals surface area contributed by atoms with Crippen molar-refractivity contribution in [3.63, 3.8) is 0 Å². The molecule has 0 heterocycles. The van der Waals surface area contributed by atoms with Gasteiger partial charge in [-0.05, 0) is 25.1 Å². The van der Waals surface area contributed by atoms with E-state index in [1.54, 1.807) is 32.4 Å². The van der Waals surface area contributed by atoms with E-state index in [0.717, 1.165) is 0 Å². The average Bonchev–Trinajstić information content (AvgIpc) is 2.45. The molecule has 0 radical (unpaired) electrons. The molecule has 0 spiro atoms. The van der Waals surface area contributed by atoms with Gasteiger partial charge in [-0.3, -0.25) is 4.79 Å². The van der Waals surface area contributed by atoms with Crippen molar-refractivity contribution in [2.75, 3.05) is 34.5 Å². The quantitative estimate of drug-likeness (QED) is 0.838. The Morgan fingerprint density at radius 1 is 1.35 bits per heavy atom. The predicted molar refractivity (Wildman–Crippen MR) is 77.6 cm³/mol. The van der Waals surface area contributed by atoms with Crippen LogP contribution in [0, 0.1) is 0 Å². The standard InChI is InChI=1S/C14H20ClNO4/c1-14(20-4,9-18-2)8-16-13(17)11-7-10(15)5-6-12(11)19-3/h5-7H,8-9H2,1-4H3,(H,16,17). The Morgan fingerprint density at radius 3 is 2.60 bits per heavy atom. The molecule has 0 saturated heterocycles. The van der Waals surface area contributed by atoms with E-state index in [9.17, 15) is 4.79 Å². The lowest BCUT2D eigenvalue weighted by Gasteiger charge is -2.27. The molecule has 1 N–H and O–H groups in total. The van der Waals surface area contributed by atoms with Gasteiger partial charge >= 0.3 is 0 Å². The van der Waals surface area contributed by atoms with Crippen LogP contribution in [0.5, 0.6) is 5.75 Å². The Balaban J connectivity index is 2.79. The first-order chi connectivity index (χ1) is 9.45. The van der Waals surface area contributed by atoms with Gasteiger partial charge in [0.05, 0.1) is 19.3 Å². The summed E-state index contributed by atoms with van der Waals surface area (Å²) in [6.07, 6.45) is 0. The third-order valence-corrected chi connectivity index (χ3v) is 3.21. The van der Waals surface area contributed by atoms with Gasteiger partial charge in [0, 0.05) is 25.8 Å². The molecule has 112 valence electrons. The Kier molecular flexibility index (Phi) is 6.26. The number of carbonyl (C=O) groups is 1. The first-order valence-electron chi connectivity index (χ1n) is 6.11. The van der Waals surface area contributed by atoms with Crippen LogP contribution < -0.4 is 10.1 Å². The number of hydrogen-bond donors (Lipinski definition) is 1. The number of nitrogens with one attached hydrogen (secondary N) is 1. The number of benzene rings is 1. The number of rotatable bonds is 7. The second-order valence-corrected chi connectivity index (χ2v) is 5.05. The zero-order valence-corrected chi connectivity index (χ0v) is 12.9. The fraction of sp³-hybridized carbons (Fsp3) is 0.500. The molecular weight excluding hydrogens is 282 g/mol. The summed E-state index contributed by atoms with van der Waals surface area (Å²) in [5.74, 6) is 0.196. The van der Waals surface area contributed by atoms with Gasteiger partial charge in [-0.25, -0.2) is 0 Å². The fourth-order valence-corrected chi connectivity index (χ4v) is 1.88. The highest BCUT2D eigenvalue weighted by Gasteiger charge is 2.25. The van der Waals surface area contributed by atoms with Gasteiger partial charge in [0.25, 0.3) is 5.91 Å². The van der Waals surface area contributed by atoms with Crippen LogP contribution in [0.2, 0.25) is 5.02 Å². The maximum Gasteiger partial charge on any atom is 0.255 e. The molecule has 5 nitrogen and oxygen atoms in total. The van der Waals surface area contributed by atoms with Crippen molar-refractivity contribution >= 4 is 17.5 Å². The highest BCUT2D eigenvalue weighted by atomic mass is 35.5. The summed E-state index contributed by atoms with van der Waals surface area (Å²) in [5, 5.41) is 3.27. The predicted octanol–water partition coefficient (Wildman–Crippen LogP) is 2.13. The average molecular weight is 302 g/mol. The summed E-state index contributed by atoms with van der Waals surface area (Å²) < 4.78 is 15.6. The molecule has 1 unspecified atom stereocenters. The summed E-state index contributed by atoms with van der Waals surface area (Å²) in [6.45, 7) is 2.54. The Hall–Kier alpha value is -1.30. The summed E-state index contributed by atoms with van der Waals surface area (Å²) in [7, 11) is 4.66. The van der Waals surface area contributed by atoms with Crippen LogP contribution in [-0.4, -0.2) is 46.0 Å². The monoisotopic (exact) mass is 301 g/mol. The maximum atomic E-state index is 12.2. The summed E-state index contributed by atoms with van der Waals surface area (Å²) in [5.41, 5.74) is -0.202. The lowest BCUT2D eigenvalue weighted by atomic mass is 10.1. The van der Waals surface area contributed by atoms with Crippen LogP contribution in [0.4, 0.5) is 0 Å². The largest absolute Gasteiger partial charge is 0.496 e. The van der Waals surface area contributed by atoms with Gasteiger partial charge < -0.3 is 19.5 Å². The van der Waals surface area contributed by atoms with Crippen LogP contribution in [0.1, 0.15) is 17.3 Å². The molecule has 0 bridgehead atoms. The van der Waals surface area contributed by atoms with E-state index >= 15 is 0 Å². The smallest absolute Gasteiger partial charge is 0.255 e. The van der Waals surface area contributed by atoms with Crippen molar-refractivity contribution in [2.24, 2.45) is 0 Å². The minimum Gasteiger partial charge on any atom is -0.496 e. The van der Waals surface area contributed by atoms with E-state index in [4.69, 9.17) is 25.8 Å². The first-order valence-corrected chi connectivity index (χ1v) is 6.49. The van der Waals surface area contributed by atoms with Gasteiger partial charge in [0.15, 0.2) is 0 Å². The summed E-state index contributed by atoms with van der Waals surface area (Å²) in [6, 6.07) is 4.89. The van der Waals surface area contributed by atoms with Gasteiger partial charge in [-0.2, -0.15) is 0 Å². The number of halogens is 1. The zero-order valence-electron chi connectivity index (χ0n) is 12.2. The van der Waals surface area contributed by atoms with Crippen molar-refractivity contribution in [1.82, 2.24) is 5.32 Å². The van der Waals surface area contributed by atoms with Crippen LogP contribution in [-0.2, 0) is 9.47 Å². The molecule has 0 aliphatic rings. The first kappa shape index (κ1) is 16.8. The number of ether oxygens (including phenoxy) is 3. The number of hydrogen-bond acceptors (Lipinski definition) is 4. The van der Waals surface area contributed by atoms with Crippen molar-refractivity contribution in [3.8, 4) is 5.75 Å². The second kappa shape index (κ2) is 7.47. The van der Waals surface area contributed by atoms with E-state index < -0.39 is 5.60 Å². The van der Waals surface area contributed by atoms with Crippen LogP contribution >= 0.6 is 11.6 Å². The van der Waals surface area contributed by atoms with Crippen molar-refractivity contribution in [3.05, 3.63) is 28.8 Å². The second-order valence-electron chi connectivity index (χ2n) is 4.61. The third kappa shape index (κ3) is 4.37. The molecule has 0 aliphatic heterocycles. The Morgan fingerprint density at radius 2 is 2.05 bits per heavy atom. The lowest BCUT2D eigenvalue weighted by Crippen LogP contribution is -2.45. The molecule has 0 fully saturated rings. The molecule has 1 amide bonds. The van der Waals surface area contributed by atoms with Gasteiger partial charge in [0.2, 0.25) is 0 Å². The molecular formula is C14H20ClNO4. The van der Waals surface area contributed by atoms with Crippen molar-refractivity contribution in [1.29, 1.82) is 0 Å². The fourth-order valence-electron chi connectivity index (χ4n) is 1.71. The molecule has 6 heteroatoms. The van der Waals surface area contributed by atoms with Crippen LogP contribution in [0.15, 0.2) is 18.2 Å². The lowest BCUT2D eigenvalue weighted by molar-refractivity contribution is -0.0479. The molecule has 1 aromatic carbocycles. The highest BCUT2D eigenvalue weighted by Crippen LogP contribution is 2.22. The van der Waals surface area contributed by atoms with Crippen molar-refractivity contribution in [2.45, 2.75) is 12.5 Å². The summed E-state index contributed by atoms with van der Waals surface area (Å²) in [4.78, 5) is 12.2. The zero-order chi connectivity index (χ0) is 15.2. The third-order valence-electron chi connectivity index (χ3n) is 2.97. The molecule has 0 aromatic heterocycles. The van der Waals surface area contributed by atoms with Crippen LogP contribution in [0.25, 0.3) is 0 Å². The summed E-state index contributed by atoms with van der Waals surface area (Å²) >= 11 is 5.90. The van der Waals surface area contributed by atoms with E-state index in [0.29, 0.717) is 29.5 Å². The maximum absolute atomic E-state index is 12.2. The van der Waals surface area contributed by atoms with E-state index in [1.165, 1.54) is 7.11 Å². The van der Waals surface area contributed by atoms with Crippen LogP contribution in [0.3, 0.4) is 0 Å².